The molecule has 1 aliphatic heterocycles. The fourth-order valence-corrected chi connectivity index (χ4v) is 3.95. The summed E-state index contributed by atoms with van der Waals surface area (Å²) < 4.78 is 7.55. The Kier molecular flexibility index (Phi) is 5.92. The van der Waals surface area contributed by atoms with Crippen LogP contribution >= 0.6 is 11.8 Å². The van der Waals surface area contributed by atoms with Gasteiger partial charge in [0, 0.05) is 19.1 Å². The molecule has 148 valence electrons. The minimum Gasteiger partial charge on any atom is -0.378 e. The average Bonchev–Trinajstić information content (AvgIpc) is 3.46. The molecule has 1 saturated carbocycles. The van der Waals surface area contributed by atoms with Crippen molar-refractivity contribution in [3.8, 4) is 0 Å². The quantitative estimate of drug-likeness (QED) is 0.702. The lowest BCUT2D eigenvalue weighted by Gasteiger charge is -2.27. The number of hydrogen-bond acceptors (Lipinski definition) is 7. The summed E-state index contributed by atoms with van der Waals surface area (Å²) >= 11 is 1.32. The predicted octanol–water partition coefficient (Wildman–Crippen LogP) is 1.43. The van der Waals surface area contributed by atoms with Gasteiger partial charge >= 0.3 is 0 Å². The second-order valence-electron chi connectivity index (χ2n) is 6.91. The second-order valence-corrected chi connectivity index (χ2v) is 7.85. The maximum absolute atomic E-state index is 12.2. The molecule has 28 heavy (non-hydrogen) atoms. The molecule has 0 radical (unpaired) electrons. The Morgan fingerprint density at radius 1 is 1.11 bits per heavy atom. The molecule has 1 aromatic carbocycles. The molecule has 1 saturated heterocycles. The summed E-state index contributed by atoms with van der Waals surface area (Å²) in [5.74, 6) is 0.377. The Balaban J connectivity index is 1.33. The number of carbonyl (C=O) groups is 2. The Hall–Kier alpha value is -2.39. The van der Waals surface area contributed by atoms with Gasteiger partial charge in [0.25, 0.3) is 0 Å². The standard InChI is InChI=1S/C19H23N5O3S/c25-16(12-14-4-2-1-3-5-14)20-17(26)13-28-19-22-21-18(24(19)15-6-7-15)23-8-10-27-11-9-23/h1-5,15H,6-13H2,(H,20,25,26). The molecule has 0 spiro atoms. The van der Waals surface area contributed by atoms with Crippen molar-refractivity contribution < 1.29 is 14.3 Å². The highest BCUT2D eigenvalue weighted by molar-refractivity contribution is 7.99. The summed E-state index contributed by atoms with van der Waals surface area (Å²) in [4.78, 5) is 26.4. The summed E-state index contributed by atoms with van der Waals surface area (Å²) in [7, 11) is 0. The molecular formula is C19H23N5O3S. The van der Waals surface area contributed by atoms with Gasteiger partial charge in [-0.05, 0) is 18.4 Å². The monoisotopic (exact) mass is 401 g/mol. The van der Waals surface area contributed by atoms with Gasteiger partial charge in [-0.3, -0.25) is 19.5 Å². The predicted molar refractivity (Wildman–Crippen MR) is 105 cm³/mol. The molecule has 8 nitrogen and oxygen atoms in total. The van der Waals surface area contributed by atoms with Crippen LogP contribution in [0.25, 0.3) is 0 Å². The number of nitrogens with zero attached hydrogens (tertiary/aromatic N) is 4. The van der Waals surface area contributed by atoms with E-state index >= 15 is 0 Å². The largest absolute Gasteiger partial charge is 0.378 e. The number of amides is 2. The first-order valence-corrected chi connectivity index (χ1v) is 10.5. The van der Waals surface area contributed by atoms with Crippen molar-refractivity contribution in [2.75, 3.05) is 37.0 Å². The van der Waals surface area contributed by atoms with Crippen LogP contribution in [0.5, 0.6) is 0 Å². The molecule has 9 heteroatoms. The van der Waals surface area contributed by atoms with E-state index in [4.69, 9.17) is 4.74 Å². The second kappa shape index (κ2) is 8.74. The third-order valence-electron chi connectivity index (χ3n) is 4.67. The minimum atomic E-state index is -0.316. The molecule has 2 aromatic rings. The summed E-state index contributed by atoms with van der Waals surface area (Å²) in [6.45, 7) is 2.96. The van der Waals surface area contributed by atoms with Gasteiger partial charge < -0.3 is 9.64 Å². The Labute approximate surface area is 167 Å². The van der Waals surface area contributed by atoms with Crippen LogP contribution in [-0.2, 0) is 20.7 Å². The van der Waals surface area contributed by atoms with E-state index < -0.39 is 0 Å². The van der Waals surface area contributed by atoms with E-state index in [2.05, 4.69) is 25.0 Å². The topological polar surface area (TPSA) is 89.3 Å². The lowest BCUT2D eigenvalue weighted by Crippen LogP contribution is -2.38. The van der Waals surface area contributed by atoms with Crippen LogP contribution in [0.1, 0.15) is 24.4 Å². The van der Waals surface area contributed by atoms with Gasteiger partial charge in [-0.1, -0.05) is 42.1 Å². The number of anilines is 1. The van der Waals surface area contributed by atoms with Gasteiger partial charge in [-0.15, -0.1) is 10.2 Å². The van der Waals surface area contributed by atoms with E-state index in [1.807, 2.05) is 30.3 Å². The fourth-order valence-electron chi connectivity index (χ4n) is 3.15. The van der Waals surface area contributed by atoms with Crippen LogP contribution in [0.4, 0.5) is 5.95 Å². The molecule has 2 fully saturated rings. The molecule has 1 aliphatic carbocycles. The van der Waals surface area contributed by atoms with Gasteiger partial charge in [0.05, 0.1) is 25.4 Å². The highest BCUT2D eigenvalue weighted by Gasteiger charge is 2.32. The Morgan fingerprint density at radius 3 is 2.57 bits per heavy atom. The molecule has 1 N–H and O–H groups in total. The molecule has 0 bridgehead atoms. The normalized spacial score (nSPS) is 16.8. The van der Waals surface area contributed by atoms with E-state index in [0.29, 0.717) is 19.3 Å². The zero-order valence-electron chi connectivity index (χ0n) is 15.5. The molecule has 2 heterocycles. The number of aromatic nitrogens is 3. The van der Waals surface area contributed by atoms with Crippen LogP contribution in [0.15, 0.2) is 35.5 Å². The van der Waals surface area contributed by atoms with Crippen LogP contribution in [0, 0.1) is 0 Å². The van der Waals surface area contributed by atoms with E-state index in [9.17, 15) is 9.59 Å². The van der Waals surface area contributed by atoms with Crippen LogP contribution in [0.3, 0.4) is 0 Å². The Bertz CT molecular complexity index is 831. The number of nitrogens with one attached hydrogen (secondary N) is 1. The molecular weight excluding hydrogens is 378 g/mol. The average molecular weight is 401 g/mol. The maximum Gasteiger partial charge on any atom is 0.237 e. The molecule has 4 rings (SSSR count). The summed E-state index contributed by atoms with van der Waals surface area (Å²) in [6.07, 6.45) is 2.39. The SMILES string of the molecule is O=C(CSc1nnc(N2CCOCC2)n1C1CC1)NC(=O)Cc1ccccc1. The van der Waals surface area contributed by atoms with Gasteiger partial charge in [0.15, 0.2) is 5.16 Å². The van der Waals surface area contributed by atoms with Crippen molar-refractivity contribution in [3.63, 3.8) is 0 Å². The highest BCUT2D eigenvalue weighted by Crippen LogP contribution is 2.41. The van der Waals surface area contributed by atoms with Crippen LogP contribution < -0.4 is 10.2 Å². The lowest BCUT2D eigenvalue weighted by atomic mass is 10.1. The maximum atomic E-state index is 12.2. The van der Waals surface area contributed by atoms with E-state index in [-0.39, 0.29) is 24.0 Å². The molecule has 0 unspecified atom stereocenters. The number of hydrogen-bond donors (Lipinski definition) is 1. The van der Waals surface area contributed by atoms with Crippen molar-refractivity contribution >= 4 is 29.5 Å². The molecule has 2 aliphatic rings. The first-order valence-electron chi connectivity index (χ1n) is 9.47. The number of ether oxygens (including phenoxy) is 1. The van der Waals surface area contributed by atoms with E-state index in [1.54, 1.807) is 0 Å². The lowest BCUT2D eigenvalue weighted by molar-refractivity contribution is -0.128. The van der Waals surface area contributed by atoms with E-state index in [0.717, 1.165) is 42.6 Å². The number of morpholine rings is 1. The van der Waals surface area contributed by atoms with Gasteiger partial charge in [0.2, 0.25) is 17.8 Å². The third-order valence-corrected chi connectivity index (χ3v) is 5.61. The summed E-state index contributed by atoms with van der Waals surface area (Å²) in [6, 6.07) is 9.77. The third kappa shape index (κ3) is 4.71. The van der Waals surface area contributed by atoms with Gasteiger partial charge in [-0.2, -0.15) is 0 Å². The summed E-state index contributed by atoms with van der Waals surface area (Å²) in [5, 5.41) is 11.8. The van der Waals surface area contributed by atoms with Crippen LogP contribution in [0.2, 0.25) is 0 Å². The summed E-state index contributed by atoms with van der Waals surface area (Å²) in [5.41, 5.74) is 0.879. The fraction of sp³-hybridized carbons (Fsp3) is 0.474. The van der Waals surface area contributed by atoms with Crippen LogP contribution in [-0.4, -0.2) is 58.6 Å². The minimum absolute atomic E-state index is 0.133. The highest BCUT2D eigenvalue weighted by atomic mass is 32.2. The van der Waals surface area contributed by atoms with Crippen molar-refractivity contribution in [2.45, 2.75) is 30.5 Å². The Morgan fingerprint density at radius 2 is 1.86 bits per heavy atom. The molecule has 1 aromatic heterocycles. The molecule has 0 atom stereocenters. The number of carbonyl (C=O) groups excluding carboxylic acids is 2. The van der Waals surface area contributed by atoms with Gasteiger partial charge in [0.1, 0.15) is 0 Å². The number of benzene rings is 1. The zero-order chi connectivity index (χ0) is 19.3. The number of rotatable bonds is 7. The number of thioether (sulfide) groups is 1. The zero-order valence-corrected chi connectivity index (χ0v) is 16.4. The van der Waals surface area contributed by atoms with Crippen molar-refractivity contribution in [3.05, 3.63) is 35.9 Å². The van der Waals surface area contributed by atoms with E-state index in [1.165, 1.54) is 11.8 Å². The van der Waals surface area contributed by atoms with Crippen molar-refractivity contribution in [1.82, 2.24) is 20.1 Å². The number of imide groups is 1. The van der Waals surface area contributed by atoms with Gasteiger partial charge in [-0.25, -0.2) is 0 Å². The molecule has 2 amide bonds. The van der Waals surface area contributed by atoms with Crippen molar-refractivity contribution in [1.29, 1.82) is 0 Å². The smallest absolute Gasteiger partial charge is 0.237 e. The first kappa shape index (κ1) is 18.9. The first-order chi connectivity index (χ1) is 13.7. The van der Waals surface area contributed by atoms with Crippen molar-refractivity contribution in [2.24, 2.45) is 0 Å².